The van der Waals surface area contributed by atoms with Gasteiger partial charge in [0, 0.05) is 13.0 Å². The number of aromatic nitrogens is 1. The summed E-state index contributed by atoms with van der Waals surface area (Å²) in [5.41, 5.74) is 2.38. The Hall–Kier alpha value is -1.51. The number of rotatable bonds is 7. The molecule has 3 nitrogen and oxygen atoms in total. The van der Waals surface area contributed by atoms with Gasteiger partial charge in [0.05, 0.1) is 11.4 Å². The molecule has 0 saturated heterocycles. The molecule has 0 N–H and O–H groups in total. The van der Waals surface area contributed by atoms with Crippen LogP contribution in [0.15, 0.2) is 23.2 Å². The predicted molar refractivity (Wildman–Crippen MR) is 75.5 cm³/mol. The molecule has 0 aliphatic heterocycles. The summed E-state index contributed by atoms with van der Waals surface area (Å²) in [5, 5.41) is 0. The van der Waals surface area contributed by atoms with Crippen molar-refractivity contribution in [1.82, 2.24) is 4.98 Å². The standard InChI is InChI=1S/C15H22N2O/c1-4-7-11-16-12(5-2)13-9-8-10-14(17-13)15(18)6-3/h8-10H,4-7,11H2,1-3H3. The van der Waals surface area contributed by atoms with Crippen molar-refractivity contribution in [1.29, 1.82) is 0 Å². The third-order valence-electron chi connectivity index (χ3n) is 2.80. The molecule has 0 bridgehead atoms. The van der Waals surface area contributed by atoms with E-state index in [0.717, 1.165) is 37.2 Å². The van der Waals surface area contributed by atoms with Crippen LogP contribution in [0.4, 0.5) is 0 Å². The molecule has 1 aromatic heterocycles. The van der Waals surface area contributed by atoms with Crippen molar-refractivity contribution in [2.75, 3.05) is 6.54 Å². The van der Waals surface area contributed by atoms with Gasteiger partial charge < -0.3 is 0 Å². The Morgan fingerprint density at radius 3 is 2.50 bits per heavy atom. The van der Waals surface area contributed by atoms with Crippen molar-refractivity contribution in [3.05, 3.63) is 29.6 Å². The topological polar surface area (TPSA) is 42.3 Å². The molecule has 18 heavy (non-hydrogen) atoms. The number of hydrogen-bond donors (Lipinski definition) is 0. The van der Waals surface area contributed by atoms with Crippen molar-refractivity contribution < 1.29 is 4.79 Å². The van der Waals surface area contributed by atoms with E-state index in [1.807, 2.05) is 19.1 Å². The number of hydrogen-bond acceptors (Lipinski definition) is 3. The Balaban J connectivity index is 2.92. The lowest BCUT2D eigenvalue weighted by Crippen LogP contribution is -2.08. The van der Waals surface area contributed by atoms with Crippen LogP contribution >= 0.6 is 0 Å². The number of ketones is 1. The summed E-state index contributed by atoms with van der Waals surface area (Å²) in [4.78, 5) is 20.6. The molecule has 0 saturated carbocycles. The summed E-state index contributed by atoms with van der Waals surface area (Å²) >= 11 is 0. The average molecular weight is 246 g/mol. The summed E-state index contributed by atoms with van der Waals surface area (Å²) in [7, 11) is 0. The molecular formula is C15H22N2O. The molecule has 0 radical (unpaired) electrons. The van der Waals surface area contributed by atoms with Crippen LogP contribution in [0.2, 0.25) is 0 Å². The van der Waals surface area contributed by atoms with E-state index in [2.05, 4.69) is 23.8 Å². The maximum atomic E-state index is 11.6. The second-order valence-electron chi connectivity index (χ2n) is 4.22. The Labute approximate surface area is 109 Å². The van der Waals surface area contributed by atoms with Crippen molar-refractivity contribution >= 4 is 11.5 Å². The highest BCUT2D eigenvalue weighted by Gasteiger charge is 2.08. The third kappa shape index (κ3) is 4.06. The summed E-state index contributed by atoms with van der Waals surface area (Å²) in [5.74, 6) is 0.0841. The van der Waals surface area contributed by atoms with Gasteiger partial charge in [0.2, 0.25) is 0 Å². The van der Waals surface area contributed by atoms with E-state index < -0.39 is 0 Å². The lowest BCUT2D eigenvalue weighted by molar-refractivity contribution is 0.0983. The van der Waals surface area contributed by atoms with Crippen molar-refractivity contribution in [3.63, 3.8) is 0 Å². The summed E-state index contributed by atoms with van der Waals surface area (Å²) in [6.45, 7) is 6.92. The Morgan fingerprint density at radius 2 is 1.89 bits per heavy atom. The molecule has 0 atom stereocenters. The van der Waals surface area contributed by atoms with E-state index in [-0.39, 0.29) is 5.78 Å². The molecule has 0 unspecified atom stereocenters. The van der Waals surface area contributed by atoms with Gasteiger partial charge in [-0.05, 0) is 25.0 Å². The quantitative estimate of drug-likeness (QED) is 0.418. The normalized spacial score (nSPS) is 11.6. The highest BCUT2D eigenvalue weighted by Crippen LogP contribution is 2.06. The van der Waals surface area contributed by atoms with Gasteiger partial charge in [0.1, 0.15) is 5.69 Å². The van der Waals surface area contributed by atoms with Crippen LogP contribution in [0, 0.1) is 0 Å². The van der Waals surface area contributed by atoms with E-state index in [9.17, 15) is 4.79 Å². The van der Waals surface area contributed by atoms with E-state index in [0.29, 0.717) is 12.1 Å². The fourth-order valence-corrected chi connectivity index (χ4v) is 1.68. The van der Waals surface area contributed by atoms with Gasteiger partial charge in [-0.2, -0.15) is 0 Å². The Bertz CT molecular complexity index is 424. The van der Waals surface area contributed by atoms with Crippen LogP contribution in [-0.4, -0.2) is 23.0 Å². The van der Waals surface area contributed by atoms with Gasteiger partial charge in [-0.1, -0.05) is 33.3 Å². The maximum absolute atomic E-state index is 11.6. The zero-order valence-corrected chi connectivity index (χ0v) is 11.6. The first-order chi connectivity index (χ1) is 8.72. The second-order valence-corrected chi connectivity index (χ2v) is 4.22. The van der Waals surface area contributed by atoms with Crippen molar-refractivity contribution in [2.45, 2.75) is 46.5 Å². The second kappa shape index (κ2) is 7.75. The minimum Gasteiger partial charge on any atom is -0.292 e. The molecule has 1 aromatic rings. The summed E-state index contributed by atoms with van der Waals surface area (Å²) < 4.78 is 0. The van der Waals surface area contributed by atoms with Crippen molar-refractivity contribution in [3.8, 4) is 0 Å². The Morgan fingerprint density at radius 1 is 1.17 bits per heavy atom. The highest BCUT2D eigenvalue weighted by molar-refractivity contribution is 6.00. The lowest BCUT2D eigenvalue weighted by Gasteiger charge is -2.05. The average Bonchev–Trinajstić information content (AvgIpc) is 2.43. The zero-order chi connectivity index (χ0) is 13.4. The largest absolute Gasteiger partial charge is 0.292 e. The molecule has 98 valence electrons. The molecular weight excluding hydrogens is 224 g/mol. The van der Waals surface area contributed by atoms with Crippen LogP contribution in [0.25, 0.3) is 0 Å². The van der Waals surface area contributed by atoms with E-state index in [4.69, 9.17) is 0 Å². The van der Waals surface area contributed by atoms with Gasteiger partial charge in [-0.25, -0.2) is 4.98 Å². The van der Waals surface area contributed by atoms with Crippen LogP contribution in [0.3, 0.4) is 0 Å². The molecule has 1 heterocycles. The van der Waals surface area contributed by atoms with E-state index in [1.165, 1.54) is 0 Å². The van der Waals surface area contributed by atoms with E-state index in [1.54, 1.807) is 6.07 Å². The number of aliphatic imine (C=N–C) groups is 1. The van der Waals surface area contributed by atoms with Crippen LogP contribution in [0.5, 0.6) is 0 Å². The monoisotopic (exact) mass is 246 g/mol. The SMILES string of the molecule is CCCCN=C(CC)c1cccc(C(=O)CC)n1. The number of unbranched alkanes of at least 4 members (excludes halogenated alkanes) is 1. The van der Waals surface area contributed by atoms with Gasteiger partial charge in [0.15, 0.2) is 5.78 Å². The van der Waals surface area contributed by atoms with Gasteiger partial charge >= 0.3 is 0 Å². The first-order valence-corrected chi connectivity index (χ1v) is 6.76. The Kier molecular flexibility index (Phi) is 6.26. The molecule has 1 rings (SSSR count). The molecule has 0 aliphatic carbocycles. The number of nitrogens with zero attached hydrogens (tertiary/aromatic N) is 2. The number of Topliss-reactive ketones (excluding diaryl/α,β-unsaturated/α-hetero) is 1. The summed E-state index contributed by atoms with van der Waals surface area (Å²) in [6.07, 6.45) is 3.57. The zero-order valence-electron chi connectivity index (χ0n) is 11.6. The van der Waals surface area contributed by atoms with Crippen LogP contribution < -0.4 is 0 Å². The maximum Gasteiger partial charge on any atom is 0.180 e. The number of carbonyl (C=O) groups is 1. The highest BCUT2D eigenvalue weighted by atomic mass is 16.1. The minimum absolute atomic E-state index is 0.0841. The van der Waals surface area contributed by atoms with Crippen molar-refractivity contribution in [2.24, 2.45) is 4.99 Å². The first kappa shape index (κ1) is 14.6. The third-order valence-corrected chi connectivity index (χ3v) is 2.80. The molecule has 0 spiro atoms. The molecule has 0 amide bonds. The number of carbonyl (C=O) groups excluding carboxylic acids is 1. The fourth-order valence-electron chi connectivity index (χ4n) is 1.68. The minimum atomic E-state index is 0.0841. The molecule has 0 aromatic carbocycles. The van der Waals surface area contributed by atoms with Gasteiger partial charge in [0.25, 0.3) is 0 Å². The number of pyridine rings is 1. The molecule has 0 fully saturated rings. The van der Waals surface area contributed by atoms with E-state index >= 15 is 0 Å². The van der Waals surface area contributed by atoms with Crippen LogP contribution in [-0.2, 0) is 0 Å². The smallest absolute Gasteiger partial charge is 0.180 e. The lowest BCUT2D eigenvalue weighted by atomic mass is 10.1. The van der Waals surface area contributed by atoms with Gasteiger partial charge in [-0.15, -0.1) is 0 Å². The first-order valence-electron chi connectivity index (χ1n) is 6.76. The molecule has 3 heteroatoms. The summed E-state index contributed by atoms with van der Waals surface area (Å²) in [6, 6.07) is 5.59. The van der Waals surface area contributed by atoms with Gasteiger partial charge in [-0.3, -0.25) is 9.79 Å². The molecule has 0 aliphatic rings. The predicted octanol–water partition coefficient (Wildman–Crippen LogP) is 3.67. The fraction of sp³-hybridized carbons (Fsp3) is 0.533. The van der Waals surface area contributed by atoms with Crippen LogP contribution in [0.1, 0.15) is 62.6 Å².